The highest BCUT2D eigenvalue weighted by molar-refractivity contribution is 6.14. The SMILES string of the molecule is CC(=O)O.Cc1cn2c(n1)C(O)N=C(c1ccc[nH]1)c1cc(F)ccc1-2. The van der Waals surface area contributed by atoms with E-state index in [9.17, 15) is 9.50 Å². The Bertz CT molecular complexity index is 972. The smallest absolute Gasteiger partial charge is 0.300 e. The lowest BCUT2D eigenvalue weighted by Crippen LogP contribution is -2.07. The maximum Gasteiger partial charge on any atom is 0.300 e. The number of nitrogens with one attached hydrogen (secondary N) is 1. The summed E-state index contributed by atoms with van der Waals surface area (Å²) >= 11 is 0. The zero-order valence-corrected chi connectivity index (χ0v) is 14.1. The van der Waals surface area contributed by atoms with Gasteiger partial charge in [0.2, 0.25) is 6.23 Å². The number of aromatic nitrogens is 3. The first-order valence-corrected chi connectivity index (χ1v) is 7.82. The molecule has 3 aromatic rings. The molecule has 0 spiro atoms. The molecule has 0 saturated heterocycles. The number of nitrogens with zero attached hydrogens (tertiary/aromatic N) is 3. The number of fused-ring (bicyclic) bond motifs is 3. The molecule has 0 aliphatic carbocycles. The molecule has 1 aliphatic heterocycles. The molecule has 0 saturated carbocycles. The van der Waals surface area contributed by atoms with Crippen molar-refractivity contribution in [2.24, 2.45) is 4.99 Å². The predicted octanol–water partition coefficient (Wildman–Crippen LogP) is 2.58. The van der Waals surface area contributed by atoms with Gasteiger partial charge in [-0.2, -0.15) is 0 Å². The molecule has 1 unspecified atom stereocenters. The quantitative estimate of drug-likeness (QED) is 0.623. The van der Waals surface area contributed by atoms with E-state index >= 15 is 0 Å². The number of carbonyl (C=O) groups is 1. The highest BCUT2D eigenvalue weighted by atomic mass is 19.1. The van der Waals surface area contributed by atoms with E-state index < -0.39 is 12.2 Å². The van der Waals surface area contributed by atoms with Gasteiger partial charge in [-0.1, -0.05) is 0 Å². The summed E-state index contributed by atoms with van der Waals surface area (Å²) in [5, 5.41) is 17.8. The Morgan fingerprint density at radius 2 is 2.08 bits per heavy atom. The number of aromatic amines is 1. The summed E-state index contributed by atoms with van der Waals surface area (Å²) in [5.41, 5.74) is 3.34. The van der Waals surface area contributed by atoms with Crippen LogP contribution in [0.25, 0.3) is 5.69 Å². The molecule has 3 N–H and O–H groups in total. The third-order valence-electron chi connectivity index (χ3n) is 3.66. The number of hydrogen-bond acceptors (Lipinski definition) is 4. The van der Waals surface area contributed by atoms with Crippen molar-refractivity contribution in [2.75, 3.05) is 0 Å². The van der Waals surface area contributed by atoms with Crippen LogP contribution < -0.4 is 0 Å². The van der Waals surface area contributed by atoms with Gasteiger partial charge in [0.1, 0.15) is 5.82 Å². The minimum atomic E-state index is -1.11. The van der Waals surface area contributed by atoms with Crippen LogP contribution in [-0.4, -0.2) is 36.4 Å². The van der Waals surface area contributed by atoms with Gasteiger partial charge in [-0.15, -0.1) is 0 Å². The first-order chi connectivity index (χ1) is 12.4. The zero-order valence-electron chi connectivity index (χ0n) is 14.1. The zero-order chi connectivity index (χ0) is 18.8. The van der Waals surface area contributed by atoms with Crippen LogP contribution in [0.4, 0.5) is 4.39 Å². The predicted molar refractivity (Wildman–Crippen MR) is 93.0 cm³/mol. The number of hydrogen-bond donors (Lipinski definition) is 3. The Morgan fingerprint density at radius 3 is 2.73 bits per heavy atom. The van der Waals surface area contributed by atoms with Gasteiger partial charge in [-0.25, -0.2) is 14.4 Å². The van der Waals surface area contributed by atoms with Crippen molar-refractivity contribution in [3.05, 3.63) is 71.3 Å². The molecule has 1 aromatic carbocycles. The summed E-state index contributed by atoms with van der Waals surface area (Å²) in [6, 6.07) is 8.15. The summed E-state index contributed by atoms with van der Waals surface area (Å²) in [5.74, 6) is -0.764. The Kier molecular flexibility index (Phi) is 4.68. The molecular formula is C18H17FN4O3. The summed E-state index contributed by atoms with van der Waals surface area (Å²) < 4.78 is 15.5. The number of H-pyrrole nitrogens is 1. The van der Waals surface area contributed by atoms with Crippen LogP contribution in [0.3, 0.4) is 0 Å². The van der Waals surface area contributed by atoms with Crippen molar-refractivity contribution >= 4 is 11.7 Å². The number of aliphatic carboxylic acids is 1. The second-order valence-corrected chi connectivity index (χ2v) is 5.73. The van der Waals surface area contributed by atoms with Crippen LogP contribution in [0.5, 0.6) is 0 Å². The van der Waals surface area contributed by atoms with Gasteiger partial charge in [-0.05, 0) is 37.3 Å². The van der Waals surface area contributed by atoms with Crippen LogP contribution in [0.2, 0.25) is 0 Å². The fourth-order valence-corrected chi connectivity index (χ4v) is 2.74. The highest BCUT2D eigenvalue weighted by Gasteiger charge is 2.25. The van der Waals surface area contributed by atoms with E-state index in [0.717, 1.165) is 18.3 Å². The van der Waals surface area contributed by atoms with Crippen molar-refractivity contribution in [2.45, 2.75) is 20.1 Å². The molecule has 3 heterocycles. The molecule has 8 heteroatoms. The first-order valence-electron chi connectivity index (χ1n) is 7.82. The average molecular weight is 356 g/mol. The van der Waals surface area contributed by atoms with E-state index in [-0.39, 0.29) is 5.82 Å². The largest absolute Gasteiger partial charge is 0.481 e. The normalized spacial score (nSPS) is 15.1. The lowest BCUT2D eigenvalue weighted by atomic mass is 10.0. The van der Waals surface area contributed by atoms with Crippen molar-refractivity contribution in [3.63, 3.8) is 0 Å². The summed E-state index contributed by atoms with van der Waals surface area (Å²) in [7, 11) is 0. The van der Waals surface area contributed by atoms with Crippen LogP contribution in [0.15, 0.2) is 47.7 Å². The van der Waals surface area contributed by atoms with E-state index in [1.165, 1.54) is 12.1 Å². The standard InChI is InChI=1S/C16H13FN4O.C2H4O2/c1-9-8-21-13-5-4-10(17)7-11(13)14(12-3-2-6-18-12)20-16(22)15(21)19-9;1-2(3)4/h2-8,16,18,22H,1H3;1H3,(H,3,4). The molecule has 2 aromatic heterocycles. The van der Waals surface area contributed by atoms with Gasteiger partial charge in [0.25, 0.3) is 5.97 Å². The van der Waals surface area contributed by atoms with E-state index in [2.05, 4.69) is 15.0 Å². The van der Waals surface area contributed by atoms with E-state index in [0.29, 0.717) is 22.8 Å². The lowest BCUT2D eigenvalue weighted by Gasteiger charge is -2.10. The molecule has 0 bridgehead atoms. The molecule has 0 radical (unpaired) electrons. The molecule has 0 amide bonds. The van der Waals surface area contributed by atoms with E-state index in [4.69, 9.17) is 9.90 Å². The number of aryl methyl sites for hydroxylation is 1. The van der Waals surface area contributed by atoms with Crippen molar-refractivity contribution < 1.29 is 19.4 Å². The Hall–Kier alpha value is -3.26. The number of imidazole rings is 1. The second kappa shape index (κ2) is 6.93. The highest BCUT2D eigenvalue weighted by Crippen LogP contribution is 2.29. The van der Waals surface area contributed by atoms with Gasteiger partial charge < -0.3 is 15.2 Å². The molecule has 134 valence electrons. The van der Waals surface area contributed by atoms with Crippen LogP contribution in [-0.2, 0) is 4.79 Å². The number of halogens is 1. The summed E-state index contributed by atoms with van der Waals surface area (Å²) in [6.07, 6.45) is 2.46. The third kappa shape index (κ3) is 3.40. The maximum atomic E-state index is 13.8. The number of aliphatic hydroxyl groups excluding tert-OH is 1. The van der Waals surface area contributed by atoms with Crippen LogP contribution in [0.1, 0.15) is 35.9 Å². The Balaban J connectivity index is 0.000000447. The van der Waals surface area contributed by atoms with Crippen molar-refractivity contribution in [3.8, 4) is 5.69 Å². The molecule has 0 fully saturated rings. The number of benzene rings is 1. The number of carboxylic acid groups (broad SMARTS) is 1. The Morgan fingerprint density at radius 1 is 1.35 bits per heavy atom. The lowest BCUT2D eigenvalue weighted by molar-refractivity contribution is -0.134. The topological polar surface area (TPSA) is 104 Å². The number of rotatable bonds is 1. The van der Waals surface area contributed by atoms with Crippen LogP contribution in [0, 0.1) is 12.7 Å². The second-order valence-electron chi connectivity index (χ2n) is 5.73. The Labute approximate surface area is 148 Å². The van der Waals surface area contributed by atoms with Gasteiger partial charge in [0.15, 0.2) is 5.82 Å². The summed E-state index contributed by atoms with van der Waals surface area (Å²) in [4.78, 5) is 20.7. The van der Waals surface area contributed by atoms with Crippen molar-refractivity contribution in [1.82, 2.24) is 14.5 Å². The van der Waals surface area contributed by atoms with Crippen molar-refractivity contribution in [1.29, 1.82) is 0 Å². The fraction of sp³-hybridized carbons (Fsp3) is 0.167. The molecule has 7 nitrogen and oxygen atoms in total. The number of carboxylic acids is 1. The van der Waals surface area contributed by atoms with Crippen LogP contribution >= 0.6 is 0 Å². The molecule has 4 rings (SSSR count). The molecule has 1 atom stereocenters. The first kappa shape index (κ1) is 17.6. The third-order valence-corrected chi connectivity index (χ3v) is 3.66. The van der Waals surface area contributed by atoms with Gasteiger partial charge in [-0.3, -0.25) is 9.36 Å². The molecule has 26 heavy (non-hydrogen) atoms. The minimum Gasteiger partial charge on any atom is -0.481 e. The molecule has 1 aliphatic rings. The number of aliphatic hydroxyl groups is 1. The molecular weight excluding hydrogens is 339 g/mol. The van der Waals surface area contributed by atoms with Gasteiger partial charge in [0, 0.05) is 24.9 Å². The average Bonchev–Trinajstić information content (AvgIpc) is 3.19. The summed E-state index contributed by atoms with van der Waals surface area (Å²) in [6.45, 7) is 2.92. The maximum absolute atomic E-state index is 13.8. The minimum absolute atomic E-state index is 0.354. The van der Waals surface area contributed by atoms with E-state index in [1.54, 1.807) is 16.8 Å². The van der Waals surface area contributed by atoms with Gasteiger partial charge in [0.05, 0.1) is 22.8 Å². The van der Waals surface area contributed by atoms with Gasteiger partial charge >= 0.3 is 0 Å². The number of aliphatic imine (C=N–C) groups is 1. The van der Waals surface area contributed by atoms with E-state index in [1.807, 2.05) is 25.3 Å². The monoisotopic (exact) mass is 356 g/mol. The fourth-order valence-electron chi connectivity index (χ4n) is 2.74.